The monoisotopic (exact) mass is 313 g/mol. The molecule has 5 heteroatoms. The molecular formula is C17H39N5. The molecule has 9 N–H and O–H groups in total. The Balaban J connectivity index is -0.000000252. The molecule has 1 saturated heterocycles. The summed E-state index contributed by atoms with van der Waals surface area (Å²) in [4.78, 5) is 2.27. The van der Waals surface area contributed by atoms with Gasteiger partial charge in [-0.05, 0) is 13.8 Å². The third-order valence-corrected chi connectivity index (χ3v) is 3.17. The van der Waals surface area contributed by atoms with Gasteiger partial charge in [-0.3, -0.25) is 4.90 Å². The maximum Gasteiger partial charge on any atom is 0.0543 e. The fourth-order valence-electron chi connectivity index (χ4n) is 1.62. The Hall–Kier alpha value is -0.980. The molecule has 1 aromatic rings. The number of unbranched alkanes of at least 4 members (excludes halogenated alkanes) is 1. The zero-order valence-electron chi connectivity index (χ0n) is 15.1. The highest BCUT2D eigenvalue weighted by Gasteiger charge is 2.11. The van der Waals surface area contributed by atoms with Crippen LogP contribution in [0, 0.1) is 6.92 Å². The van der Waals surface area contributed by atoms with Gasteiger partial charge in [0.15, 0.2) is 0 Å². The molecule has 22 heavy (non-hydrogen) atoms. The first-order valence-corrected chi connectivity index (χ1v) is 7.83. The molecular weight excluding hydrogens is 274 g/mol. The van der Waals surface area contributed by atoms with E-state index in [9.17, 15) is 0 Å². The predicted molar refractivity (Wildman–Crippen MR) is 99.9 cm³/mol. The molecule has 1 atom stereocenters. The average molecular weight is 314 g/mol. The molecule has 1 fully saturated rings. The summed E-state index contributed by atoms with van der Waals surface area (Å²) in [5.41, 5.74) is 6.99. The SMILES string of the molecule is CC(N)N1CCNCC1.CCCC.Cc1ccccc1.N.N. The molecule has 1 heterocycles. The molecule has 0 aliphatic carbocycles. The normalized spacial score (nSPS) is 14.8. The summed E-state index contributed by atoms with van der Waals surface area (Å²) in [6.45, 7) is 12.8. The van der Waals surface area contributed by atoms with Crippen molar-refractivity contribution in [1.82, 2.24) is 22.5 Å². The third-order valence-electron chi connectivity index (χ3n) is 3.17. The fourth-order valence-corrected chi connectivity index (χ4v) is 1.62. The molecule has 1 unspecified atom stereocenters. The summed E-state index contributed by atoms with van der Waals surface area (Å²) in [5, 5.41) is 3.27. The highest BCUT2D eigenvalue weighted by Crippen LogP contribution is 1.93. The standard InChI is InChI=1S/C7H8.C6H15N3.C4H10.2H3N/c1-7-5-3-2-4-6-7;1-6(7)9-4-2-8-3-5-9;1-3-4-2;;/h2-6H,1H3;6,8H,2-5,7H2,1H3;3-4H2,1-2H3;2*1H3. The number of benzene rings is 1. The first kappa shape index (κ1) is 25.9. The van der Waals surface area contributed by atoms with Crippen LogP contribution in [-0.4, -0.2) is 37.2 Å². The van der Waals surface area contributed by atoms with Gasteiger partial charge >= 0.3 is 0 Å². The fraction of sp³-hybridized carbons (Fsp3) is 0.647. The molecule has 1 aromatic carbocycles. The number of hydrogen-bond acceptors (Lipinski definition) is 5. The molecule has 0 amide bonds. The van der Waals surface area contributed by atoms with E-state index in [1.165, 1.54) is 18.4 Å². The predicted octanol–water partition coefficient (Wildman–Crippen LogP) is 3.32. The summed E-state index contributed by atoms with van der Waals surface area (Å²) >= 11 is 0. The minimum absolute atomic E-state index is 0. The molecule has 0 radical (unpaired) electrons. The van der Waals surface area contributed by atoms with Crippen molar-refractivity contribution in [2.45, 2.75) is 46.7 Å². The summed E-state index contributed by atoms with van der Waals surface area (Å²) < 4.78 is 0. The van der Waals surface area contributed by atoms with Gasteiger partial charge in [-0.15, -0.1) is 0 Å². The molecule has 0 spiro atoms. The molecule has 0 saturated carbocycles. The van der Waals surface area contributed by atoms with Gasteiger partial charge in [0.1, 0.15) is 0 Å². The van der Waals surface area contributed by atoms with Crippen LogP contribution >= 0.6 is 0 Å². The van der Waals surface area contributed by atoms with Crippen molar-refractivity contribution in [2.75, 3.05) is 26.2 Å². The van der Waals surface area contributed by atoms with Gasteiger partial charge in [-0.2, -0.15) is 0 Å². The minimum atomic E-state index is 0. The van der Waals surface area contributed by atoms with Crippen molar-refractivity contribution in [2.24, 2.45) is 5.73 Å². The van der Waals surface area contributed by atoms with E-state index in [-0.39, 0.29) is 18.5 Å². The van der Waals surface area contributed by atoms with Crippen molar-refractivity contribution in [3.63, 3.8) is 0 Å². The van der Waals surface area contributed by atoms with E-state index in [4.69, 9.17) is 5.73 Å². The number of piperazine rings is 1. The lowest BCUT2D eigenvalue weighted by atomic mass is 10.2. The molecule has 1 aliphatic rings. The number of nitrogens with one attached hydrogen (secondary N) is 1. The second-order valence-electron chi connectivity index (χ2n) is 5.18. The maximum atomic E-state index is 5.67. The minimum Gasteiger partial charge on any atom is -0.344 e. The van der Waals surface area contributed by atoms with Crippen LogP contribution in [0.1, 0.15) is 39.2 Å². The van der Waals surface area contributed by atoms with Crippen molar-refractivity contribution in [1.29, 1.82) is 0 Å². The van der Waals surface area contributed by atoms with Gasteiger partial charge in [0.05, 0.1) is 6.17 Å². The van der Waals surface area contributed by atoms with E-state index in [0.717, 1.165) is 26.2 Å². The molecule has 5 nitrogen and oxygen atoms in total. The van der Waals surface area contributed by atoms with Gasteiger partial charge in [-0.25, -0.2) is 0 Å². The molecule has 0 bridgehead atoms. The molecule has 132 valence electrons. The lowest BCUT2D eigenvalue weighted by Gasteiger charge is -2.30. The lowest BCUT2D eigenvalue weighted by Crippen LogP contribution is -2.50. The van der Waals surface area contributed by atoms with Gasteiger partial charge < -0.3 is 23.4 Å². The number of rotatable bonds is 2. The lowest BCUT2D eigenvalue weighted by molar-refractivity contribution is 0.188. The van der Waals surface area contributed by atoms with Gasteiger partial charge in [0.25, 0.3) is 0 Å². The van der Waals surface area contributed by atoms with Crippen molar-refractivity contribution in [3.05, 3.63) is 35.9 Å². The Morgan fingerprint density at radius 1 is 1.05 bits per heavy atom. The number of nitrogens with two attached hydrogens (primary N) is 1. The smallest absolute Gasteiger partial charge is 0.0543 e. The van der Waals surface area contributed by atoms with Crippen LogP contribution in [0.15, 0.2) is 30.3 Å². The molecule has 0 aromatic heterocycles. The third kappa shape index (κ3) is 15.4. The summed E-state index contributed by atoms with van der Waals surface area (Å²) in [5.74, 6) is 0. The van der Waals surface area contributed by atoms with Crippen LogP contribution in [0.4, 0.5) is 0 Å². The van der Waals surface area contributed by atoms with Crippen LogP contribution in [0.2, 0.25) is 0 Å². The molecule has 2 rings (SSSR count). The van der Waals surface area contributed by atoms with Crippen molar-refractivity contribution < 1.29 is 0 Å². The van der Waals surface area contributed by atoms with Crippen LogP contribution in [-0.2, 0) is 0 Å². The van der Waals surface area contributed by atoms with Gasteiger partial charge in [-0.1, -0.05) is 62.6 Å². The number of nitrogens with zero attached hydrogens (tertiary/aromatic N) is 1. The Labute approximate surface area is 137 Å². The maximum absolute atomic E-state index is 5.67. The van der Waals surface area contributed by atoms with E-state index >= 15 is 0 Å². The second-order valence-corrected chi connectivity index (χ2v) is 5.18. The zero-order valence-corrected chi connectivity index (χ0v) is 15.1. The summed E-state index contributed by atoms with van der Waals surface area (Å²) in [7, 11) is 0. The van der Waals surface area contributed by atoms with E-state index in [2.05, 4.69) is 43.1 Å². The largest absolute Gasteiger partial charge is 0.344 e. The highest BCUT2D eigenvalue weighted by atomic mass is 15.2. The summed E-state index contributed by atoms with van der Waals surface area (Å²) in [6.07, 6.45) is 2.87. The first-order valence-electron chi connectivity index (χ1n) is 7.83. The van der Waals surface area contributed by atoms with Crippen molar-refractivity contribution in [3.8, 4) is 0 Å². The topological polar surface area (TPSA) is 111 Å². The van der Waals surface area contributed by atoms with E-state index in [0.29, 0.717) is 0 Å². The van der Waals surface area contributed by atoms with E-state index in [1.54, 1.807) is 0 Å². The Bertz CT molecular complexity index is 295. The molecule has 1 aliphatic heterocycles. The van der Waals surface area contributed by atoms with Crippen LogP contribution < -0.4 is 23.4 Å². The van der Waals surface area contributed by atoms with Crippen LogP contribution in [0.5, 0.6) is 0 Å². The highest BCUT2D eigenvalue weighted by molar-refractivity contribution is 5.11. The second kappa shape index (κ2) is 18.1. The van der Waals surface area contributed by atoms with Gasteiger partial charge in [0.2, 0.25) is 0 Å². The summed E-state index contributed by atoms with van der Waals surface area (Å²) in [6, 6.07) is 10.3. The van der Waals surface area contributed by atoms with Crippen LogP contribution in [0.3, 0.4) is 0 Å². The van der Waals surface area contributed by atoms with Crippen LogP contribution in [0.25, 0.3) is 0 Å². The van der Waals surface area contributed by atoms with Crippen molar-refractivity contribution >= 4 is 0 Å². The quantitative estimate of drug-likeness (QED) is 0.669. The van der Waals surface area contributed by atoms with E-state index < -0.39 is 0 Å². The van der Waals surface area contributed by atoms with Gasteiger partial charge in [0, 0.05) is 26.2 Å². The Kier molecular flexibility index (Phi) is 21.3. The average Bonchev–Trinajstić information content (AvgIpc) is 2.50. The Morgan fingerprint density at radius 2 is 1.50 bits per heavy atom. The Morgan fingerprint density at radius 3 is 1.73 bits per heavy atom. The number of aryl methyl sites for hydroxylation is 1. The zero-order chi connectivity index (χ0) is 15.2. The first-order chi connectivity index (χ1) is 9.61. The number of hydrogen-bond donors (Lipinski definition) is 4. The van der Waals surface area contributed by atoms with E-state index in [1.807, 2.05) is 25.1 Å².